The molecular weight excluding hydrogens is 284 g/mol. The molecule has 0 saturated carbocycles. The molecule has 0 heterocycles. The topological polar surface area (TPSA) is 52.0 Å². The summed E-state index contributed by atoms with van der Waals surface area (Å²) in [5.74, 6) is -1.28. The van der Waals surface area contributed by atoms with Gasteiger partial charge in [-0.2, -0.15) is 13.2 Å². The molecule has 0 aliphatic rings. The van der Waals surface area contributed by atoms with Crippen molar-refractivity contribution in [3.05, 3.63) is 35.1 Å². The fourth-order valence-electron chi connectivity index (χ4n) is 1.67. The van der Waals surface area contributed by atoms with E-state index in [-0.39, 0.29) is 12.4 Å². The van der Waals surface area contributed by atoms with Gasteiger partial charge in [0, 0.05) is 6.04 Å². The molecule has 2 nitrogen and oxygen atoms in total. The molecule has 0 saturated heterocycles. The first-order valence-corrected chi connectivity index (χ1v) is 5.68. The van der Waals surface area contributed by atoms with E-state index in [4.69, 9.17) is 11.5 Å². The molecular formula is C12H17ClF4N2. The van der Waals surface area contributed by atoms with Crippen LogP contribution in [0.15, 0.2) is 18.2 Å². The Kier molecular flexibility index (Phi) is 7.33. The van der Waals surface area contributed by atoms with Crippen molar-refractivity contribution in [3.8, 4) is 0 Å². The van der Waals surface area contributed by atoms with Crippen LogP contribution in [0, 0.1) is 5.82 Å². The maximum Gasteiger partial charge on any atom is 0.419 e. The Balaban J connectivity index is 0.00000324. The van der Waals surface area contributed by atoms with Crippen molar-refractivity contribution in [3.63, 3.8) is 0 Å². The van der Waals surface area contributed by atoms with Crippen molar-refractivity contribution in [2.24, 2.45) is 11.5 Å². The Labute approximate surface area is 115 Å². The molecule has 0 unspecified atom stereocenters. The molecule has 7 heteroatoms. The lowest BCUT2D eigenvalue weighted by molar-refractivity contribution is -0.140. The van der Waals surface area contributed by atoms with Crippen molar-refractivity contribution in [1.29, 1.82) is 0 Å². The van der Waals surface area contributed by atoms with E-state index in [1.165, 1.54) is 6.07 Å². The van der Waals surface area contributed by atoms with E-state index >= 15 is 0 Å². The van der Waals surface area contributed by atoms with Gasteiger partial charge < -0.3 is 11.5 Å². The van der Waals surface area contributed by atoms with Crippen molar-refractivity contribution in [1.82, 2.24) is 0 Å². The zero-order valence-electron chi connectivity index (χ0n) is 10.2. The van der Waals surface area contributed by atoms with Gasteiger partial charge in [0.25, 0.3) is 0 Å². The molecule has 0 aliphatic heterocycles. The quantitative estimate of drug-likeness (QED) is 0.647. The third kappa shape index (κ3) is 5.34. The van der Waals surface area contributed by atoms with Gasteiger partial charge in [-0.25, -0.2) is 4.39 Å². The Bertz CT molecular complexity index is 396. The van der Waals surface area contributed by atoms with Crippen molar-refractivity contribution in [2.45, 2.75) is 31.5 Å². The summed E-state index contributed by atoms with van der Waals surface area (Å²) < 4.78 is 50.6. The lowest BCUT2D eigenvalue weighted by Crippen LogP contribution is -2.14. The van der Waals surface area contributed by atoms with Crippen LogP contribution in [-0.4, -0.2) is 6.54 Å². The first-order valence-electron chi connectivity index (χ1n) is 5.68. The van der Waals surface area contributed by atoms with Crippen LogP contribution in [0.25, 0.3) is 0 Å². The average Bonchev–Trinajstić information content (AvgIpc) is 2.28. The standard InChI is InChI=1S/C12H16F4N2.ClH/c13-10-5-4-8(7-9(10)12(14,15)16)11(18)3-1-2-6-17;/h4-5,7,11H,1-3,6,17-18H2;1H/t11-;/m0./s1. The summed E-state index contributed by atoms with van der Waals surface area (Å²) in [6, 6.07) is 2.35. The zero-order valence-corrected chi connectivity index (χ0v) is 11.0. The van der Waals surface area contributed by atoms with Crippen molar-refractivity contribution < 1.29 is 17.6 Å². The van der Waals surface area contributed by atoms with E-state index in [2.05, 4.69) is 0 Å². The summed E-state index contributed by atoms with van der Waals surface area (Å²) >= 11 is 0. The molecule has 1 atom stereocenters. The van der Waals surface area contributed by atoms with Gasteiger partial charge in [-0.1, -0.05) is 12.5 Å². The second-order valence-electron chi connectivity index (χ2n) is 4.13. The SMILES string of the molecule is Cl.NCCCC[C@H](N)c1ccc(F)c(C(F)(F)F)c1. The summed E-state index contributed by atoms with van der Waals surface area (Å²) in [5, 5.41) is 0. The smallest absolute Gasteiger partial charge is 0.330 e. The molecule has 1 aromatic rings. The second-order valence-corrected chi connectivity index (χ2v) is 4.13. The zero-order chi connectivity index (χ0) is 13.8. The van der Waals surface area contributed by atoms with Crippen LogP contribution in [0.1, 0.15) is 36.4 Å². The van der Waals surface area contributed by atoms with Gasteiger partial charge in [0.2, 0.25) is 0 Å². The van der Waals surface area contributed by atoms with Crippen LogP contribution < -0.4 is 11.5 Å². The van der Waals surface area contributed by atoms with Gasteiger partial charge in [0.05, 0.1) is 5.56 Å². The fraction of sp³-hybridized carbons (Fsp3) is 0.500. The number of halogens is 5. The minimum atomic E-state index is -4.70. The molecule has 0 fully saturated rings. The molecule has 0 bridgehead atoms. The van der Waals surface area contributed by atoms with Crippen molar-refractivity contribution in [2.75, 3.05) is 6.54 Å². The van der Waals surface area contributed by atoms with E-state index in [9.17, 15) is 17.6 Å². The maximum atomic E-state index is 13.1. The first-order chi connectivity index (χ1) is 8.36. The van der Waals surface area contributed by atoms with Gasteiger partial charge in [0.15, 0.2) is 0 Å². The van der Waals surface area contributed by atoms with Gasteiger partial charge in [0.1, 0.15) is 5.82 Å². The minimum Gasteiger partial charge on any atom is -0.330 e. The third-order valence-corrected chi connectivity index (χ3v) is 2.69. The summed E-state index contributed by atoms with van der Waals surface area (Å²) in [4.78, 5) is 0. The van der Waals surface area contributed by atoms with Crippen LogP contribution in [0.4, 0.5) is 17.6 Å². The number of unbranched alkanes of at least 4 members (excludes halogenated alkanes) is 1. The lowest BCUT2D eigenvalue weighted by Gasteiger charge is -2.15. The summed E-state index contributed by atoms with van der Waals surface area (Å²) in [5.41, 5.74) is 10.1. The minimum absolute atomic E-state index is 0. The highest BCUT2D eigenvalue weighted by atomic mass is 35.5. The van der Waals surface area contributed by atoms with E-state index in [1.807, 2.05) is 0 Å². The van der Waals surface area contributed by atoms with Gasteiger partial charge >= 0.3 is 6.18 Å². The molecule has 0 aliphatic carbocycles. The second kappa shape index (κ2) is 7.67. The largest absolute Gasteiger partial charge is 0.419 e. The molecule has 19 heavy (non-hydrogen) atoms. The third-order valence-electron chi connectivity index (χ3n) is 2.69. The van der Waals surface area contributed by atoms with Crippen LogP contribution in [0.5, 0.6) is 0 Å². The van der Waals surface area contributed by atoms with Crippen LogP contribution >= 0.6 is 12.4 Å². The number of nitrogens with two attached hydrogens (primary N) is 2. The number of benzene rings is 1. The highest BCUT2D eigenvalue weighted by Gasteiger charge is 2.34. The predicted molar refractivity (Wildman–Crippen MR) is 68.5 cm³/mol. The molecule has 0 aromatic heterocycles. The van der Waals surface area contributed by atoms with Gasteiger partial charge in [-0.05, 0) is 37.1 Å². The molecule has 1 aromatic carbocycles. The molecule has 0 amide bonds. The molecule has 0 spiro atoms. The summed E-state index contributed by atoms with van der Waals surface area (Å²) in [6.45, 7) is 0.518. The van der Waals surface area contributed by atoms with Crippen LogP contribution in [0.2, 0.25) is 0 Å². The molecule has 110 valence electrons. The van der Waals surface area contributed by atoms with E-state index < -0.39 is 23.6 Å². The average molecular weight is 301 g/mol. The highest BCUT2D eigenvalue weighted by molar-refractivity contribution is 5.85. The van der Waals surface area contributed by atoms with Crippen molar-refractivity contribution >= 4 is 12.4 Å². The van der Waals surface area contributed by atoms with E-state index in [1.54, 1.807) is 0 Å². The number of hydrogen-bond acceptors (Lipinski definition) is 2. The number of alkyl halides is 3. The van der Waals surface area contributed by atoms with E-state index in [0.29, 0.717) is 18.5 Å². The lowest BCUT2D eigenvalue weighted by atomic mass is 9.99. The van der Waals surface area contributed by atoms with E-state index in [0.717, 1.165) is 25.0 Å². The number of rotatable bonds is 5. The van der Waals surface area contributed by atoms with Gasteiger partial charge in [-0.3, -0.25) is 0 Å². The Morgan fingerprint density at radius 3 is 2.32 bits per heavy atom. The summed E-state index contributed by atoms with van der Waals surface area (Å²) in [6.07, 6.45) is -2.67. The Morgan fingerprint density at radius 2 is 1.79 bits per heavy atom. The monoisotopic (exact) mass is 300 g/mol. The normalized spacial score (nSPS) is 12.9. The summed E-state index contributed by atoms with van der Waals surface area (Å²) in [7, 11) is 0. The van der Waals surface area contributed by atoms with Crippen LogP contribution in [0.3, 0.4) is 0 Å². The predicted octanol–water partition coefficient (Wildman–Crippen LogP) is 3.40. The molecule has 1 rings (SSSR count). The fourth-order valence-corrected chi connectivity index (χ4v) is 1.67. The number of hydrogen-bond donors (Lipinski definition) is 2. The maximum absolute atomic E-state index is 13.1. The first kappa shape index (κ1) is 18.1. The Hall–Kier alpha value is -0.850. The van der Waals surface area contributed by atoms with Crippen LogP contribution in [-0.2, 0) is 6.18 Å². The Morgan fingerprint density at radius 1 is 1.16 bits per heavy atom. The van der Waals surface area contributed by atoms with Gasteiger partial charge in [-0.15, -0.1) is 12.4 Å². The molecule has 4 N–H and O–H groups in total. The highest BCUT2D eigenvalue weighted by Crippen LogP contribution is 2.33. The molecule has 0 radical (unpaired) electrons.